The predicted octanol–water partition coefficient (Wildman–Crippen LogP) is 2.50. The Hall–Kier alpha value is -2.70. The van der Waals surface area contributed by atoms with Gasteiger partial charge in [-0.15, -0.1) is 0 Å². The predicted molar refractivity (Wildman–Crippen MR) is 61.8 cm³/mol. The Morgan fingerprint density at radius 2 is 2.11 bits per heavy atom. The summed E-state index contributed by atoms with van der Waals surface area (Å²) >= 11 is 0. The minimum absolute atomic E-state index is 0.0953. The first kappa shape index (κ1) is 11.8. The quantitative estimate of drug-likeness (QED) is 0.666. The molecule has 0 saturated heterocycles. The summed E-state index contributed by atoms with van der Waals surface area (Å²) in [6.45, 7) is 0. The van der Waals surface area contributed by atoms with Crippen molar-refractivity contribution in [2.75, 3.05) is 5.73 Å². The number of hydrogen-bond donors (Lipinski definition) is 1. The second-order valence-electron chi connectivity index (χ2n) is 3.40. The maximum atomic E-state index is 13.0. The molecular weight excluding hydrogens is 241 g/mol. The number of rotatable bonds is 3. The van der Waals surface area contributed by atoms with Gasteiger partial charge in [0.05, 0.1) is 16.8 Å². The fourth-order valence-corrected chi connectivity index (χ4v) is 1.29. The van der Waals surface area contributed by atoms with Crippen LogP contribution in [-0.4, -0.2) is 9.91 Å². The number of nitrogen functional groups attached to an aromatic ring is 1. The maximum absolute atomic E-state index is 13.0. The van der Waals surface area contributed by atoms with Crippen molar-refractivity contribution in [2.24, 2.45) is 0 Å². The van der Waals surface area contributed by atoms with E-state index in [1.165, 1.54) is 18.3 Å². The molecule has 0 aliphatic carbocycles. The van der Waals surface area contributed by atoms with Crippen LogP contribution in [0.3, 0.4) is 0 Å². The summed E-state index contributed by atoms with van der Waals surface area (Å²) in [5.41, 5.74) is 5.53. The van der Waals surface area contributed by atoms with Crippen molar-refractivity contribution in [1.29, 1.82) is 0 Å². The summed E-state index contributed by atoms with van der Waals surface area (Å²) in [6.07, 6.45) is 1.33. The second-order valence-corrected chi connectivity index (χ2v) is 3.40. The van der Waals surface area contributed by atoms with Crippen LogP contribution in [0.25, 0.3) is 0 Å². The van der Waals surface area contributed by atoms with Gasteiger partial charge < -0.3 is 10.5 Å². The van der Waals surface area contributed by atoms with Crippen LogP contribution in [0.15, 0.2) is 36.5 Å². The average molecular weight is 249 g/mol. The molecule has 0 aliphatic rings. The lowest BCUT2D eigenvalue weighted by Crippen LogP contribution is -1.96. The fourth-order valence-electron chi connectivity index (χ4n) is 1.29. The zero-order valence-corrected chi connectivity index (χ0v) is 9.04. The summed E-state index contributed by atoms with van der Waals surface area (Å²) in [5, 5.41) is 10.7. The lowest BCUT2D eigenvalue weighted by Gasteiger charge is -2.05. The van der Waals surface area contributed by atoms with Gasteiger partial charge in [0.1, 0.15) is 5.82 Å². The average Bonchev–Trinajstić information content (AvgIpc) is 2.32. The van der Waals surface area contributed by atoms with Crippen molar-refractivity contribution < 1.29 is 14.1 Å². The number of benzene rings is 1. The molecule has 0 bridgehead atoms. The Kier molecular flexibility index (Phi) is 3.05. The van der Waals surface area contributed by atoms with Crippen molar-refractivity contribution in [1.82, 2.24) is 4.98 Å². The van der Waals surface area contributed by atoms with Gasteiger partial charge in [0.2, 0.25) is 11.6 Å². The maximum Gasteiger partial charge on any atom is 0.311 e. The summed E-state index contributed by atoms with van der Waals surface area (Å²) in [6, 6.07) is 5.90. The highest BCUT2D eigenvalue weighted by Crippen LogP contribution is 2.31. The van der Waals surface area contributed by atoms with Crippen LogP contribution in [0.1, 0.15) is 0 Å². The molecule has 18 heavy (non-hydrogen) atoms. The molecule has 2 N–H and O–H groups in total. The van der Waals surface area contributed by atoms with Gasteiger partial charge in [-0.1, -0.05) is 0 Å². The number of hydrogen-bond acceptors (Lipinski definition) is 5. The van der Waals surface area contributed by atoms with Crippen LogP contribution in [0.4, 0.5) is 15.8 Å². The molecule has 0 saturated carbocycles. The van der Waals surface area contributed by atoms with Gasteiger partial charge in [-0.05, 0) is 12.1 Å². The summed E-state index contributed by atoms with van der Waals surface area (Å²) in [4.78, 5) is 13.9. The van der Waals surface area contributed by atoms with E-state index in [0.29, 0.717) is 5.69 Å². The van der Waals surface area contributed by atoms with Crippen LogP contribution in [0.2, 0.25) is 0 Å². The Morgan fingerprint density at radius 1 is 1.33 bits per heavy atom. The van der Waals surface area contributed by atoms with Gasteiger partial charge in [0, 0.05) is 18.2 Å². The van der Waals surface area contributed by atoms with Crippen LogP contribution in [0, 0.1) is 15.9 Å². The van der Waals surface area contributed by atoms with Crippen molar-refractivity contribution in [2.45, 2.75) is 0 Å². The number of nitrogens with zero attached hydrogens (tertiary/aromatic N) is 2. The number of nitrogens with two attached hydrogens (primary N) is 1. The van der Waals surface area contributed by atoms with Gasteiger partial charge >= 0.3 is 5.69 Å². The van der Waals surface area contributed by atoms with Gasteiger partial charge in [0.25, 0.3) is 0 Å². The van der Waals surface area contributed by atoms with Crippen LogP contribution in [0.5, 0.6) is 11.6 Å². The van der Waals surface area contributed by atoms with E-state index in [0.717, 1.165) is 18.2 Å². The molecule has 0 unspecified atom stereocenters. The highest BCUT2D eigenvalue weighted by Gasteiger charge is 2.16. The molecule has 92 valence electrons. The molecule has 2 rings (SSSR count). The largest absolute Gasteiger partial charge is 0.432 e. The molecule has 0 radical (unpaired) electrons. The molecule has 7 heteroatoms. The van der Waals surface area contributed by atoms with Crippen molar-refractivity contribution in [3.8, 4) is 11.6 Å². The lowest BCUT2D eigenvalue weighted by atomic mass is 10.3. The molecule has 0 aliphatic heterocycles. The normalized spacial score (nSPS) is 10.1. The van der Waals surface area contributed by atoms with Crippen molar-refractivity contribution in [3.63, 3.8) is 0 Å². The molecule has 6 nitrogen and oxygen atoms in total. The van der Waals surface area contributed by atoms with E-state index in [2.05, 4.69) is 4.98 Å². The third kappa shape index (κ3) is 2.51. The van der Waals surface area contributed by atoms with E-state index in [4.69, 9.17) is 10.5 Å². The Bertz CT molecular complexity index is 587. The smallest absolute Gasteiger partial charge is 0.311 e. The molecule has 1 aromatic carbocycles. The van der Waals surface area contributed by atoms with E-state index in [9.17, 15) is 14.5 Å². The molecule has 0 atom stereocenters. The lowest BCUT2D eigenvalue weighted by molar-refractivity contribution is -0.385. The number of aromatic nitrogens is 1. The Labute approximate surface area is 101 Å². The van der Waals surface area contributed by atoms with Crippen LogP contribution >= 0.6 is 0 Å². The number of halogens is 1. The first-order valence-corrected chi connectivity index (χ1v) is 4.89. The second kappa shape index (κ2) is 4.66. The fraction of sp³-hybridized carbons (Fsp3) is 0. The third-order valence-electron chi connectivity index (χ3n) is 2.09. The summed E-state index contributed by atoms with van der Waals surface area (Å²) in [7, 11) is 0. The minimum Gasteiger partial charge on any atom is -0.432 e. The van der Waals surface area contributed by atoms with E-state index in [-0.39, 0.29) is 17.3 Å². The Balaban J connectivity index is 2.35. The number of nitro benzene ring substituents is 1. The SMILES string of the molecule is Nc1ccc(Oc2cc(F)ccc2[N+](=O)[O-])nc1. The molecule has 0 fully saturated rings. The van der Waals surface area contributed by atoms with Crippen LogP contribution < -0.4 is 10.5 Å². The summed E-state index contributed by atoms with van der Waals surface area (Å²) in [5.74, 6) is -0.749. The molecule has 2 aromatic rings. The van der Waals surface area contributed by atoms with E-state index < -0.39 is 10.7 Å². The number of anilines is 1. The number of nitro groups is 1. The monoisotopic (exact) mass is 249 g/mol. The van der Waals surface area contributed by atoms with Crippen LogP contribution in [-0.2, 0) is 0 Å². The molecule has 1 aromatic heterocycles. The first-order valence-electron chi connectivity index (χ1n) is 4.89. The van der Waals surface area contributed by atoms with E-state index in [1.54, 1.807) is 0 Å². The van der Waals surface area contributed by atoms with E-state index >= 15 is 0 Å². The topological polar surface area (TPSA) is 91.3 Å². The number of ether oxygens (including phenoxy) is 1. The highest BCUT2D eigenvalue weighted by molar-refractivity contribution is 5.48. The van der Waals surface area contributed by atoms with Crippen molar-refractivity contribution in [3.05, 3.63) is 52.5 Å². The van der Waals surface area contributed by atoms with E-state index in [1.807, 2.05) is 0 Å². The van der Waals surface area contributed by atoms with Gasteiger partial charge in [-0.25, -0.2) is 9.37 Å². The Morgan fingerprint density at radius 3 is 2.72 bits per heavy atom. The molecule has 0 spiro atoms. The third-order valence-corrected chi connectivity index (χ3v) is 2.09. The molecular formula is C11H8FN3O3. The molecule has 0 amide bonds. The minimum atomic E-state index is -0.661. The highest BCUT2D eigenvalue weighted by atomic mass is 19.1. The zero-order chi connectivity index (χ0) is 13.1. The standard InChI is InChI=1S/C11H8FN3O3/c12-7-1-3-9(15(16)17)10(5-7)18-11-4-2-8(13)6-14-11/h1-6H,13H2. The number of pyridine rings is 1. The summed E-state index contributed by atoms with van der Waals surface area (Å²) < 4.78 is 18.2. The molecule has 1 heterocycles. The van der Waals surface area contributed by atoms with Gasteiger partial charge in [-0.2, -0.15) is 0 Å². The van der Waals surface area contributed by atoms with Crippen molar-refractivity contribution >= 4 is 11.4 Å². The van der Waals surface area contributed by atoms with Gasteiger partial charge in [0.15, 0.2) is 0 Å². The van der Waals surface area contributed by atoms with Gasteiger partial charge in [-0.3, -0.25) is 10.1 Å². The first-order chi connectivity index (χ1) is 8.56. The zero-order valence-electron chi connectivity index (χ0n) is 9.04.